The molecule has 2 saturated heterocycles. The Morgan fingerprint density at radius 2 is 1.74 bits per heavy atom. The summed E-state index contributed by atoms with van der Waals surface area (Å²) in [7, 11) is 0. The van der Waals surface area contributed by atoms with Crippen LogP contribution < -0.4 is 15.5 Å². The van der Waals surface area contributed by atoms with Crippen molar-refractivity contribution in [3.8, 4) is 5.82 Å². The number of morpholine rings is 1. The lowest BCUT2D eigenvalue weighted by Crippen LogP contribution is -2.49. The Hall–Kier alpha value is -2.09. The van der Waals surface area contributed by atoms with E-state index < -0.39 is 4.18 Å². The van der Waals surface area contributed by atoms with E-state index in [0.717, 1.165) is 55.6 Å². The van der Waals surface area contributed by atoms with Crippen LogP contribution in [0.4, 0.5) is 16.2 Å². The van der Waals surface area contributed by atoms with E-state index in [1.165, 1.54) is 38.8 Å². The van der Waals surface area contributed by atoms with E-state index in [1.807, 2.05) is 34.9 Å². The highest BCUT2D eigenvalue weighted by molar-refractivity contribution is 14.1. The molecule has 1 unspecified atom stereocenters. The van der Waals surface area contributed by atoms with Gasteiger partial charge in [-0.1, -0.05) is 12.1 Å². The summed E-state index contributed by atoms with van der Waals surface area (Å²) in [5.74, 6) is 2.99. The quantitative estimate of drug-likeness (QED) is 0.299. The lowest BCUT2D eigenvalue weighted by atomic mass is 9.85. The third kappa shape index (κ3) is 5.75. The van der Waals surface area contributed by atoms with Crippen LogP contribution in [0.1, 0.15) is 35.7 Å². The Bertz CT molecular complexity index is 1220. The van der Waals surface area contributed by atoms with Gasteiger partial charge in [-0.2, -0.15) is 9.97 Å². The van der Waals surface area contributed by atoms with Crippen molar-refractivity contribution in [1.29, 1.82) is 0 Å². The number of benzene rings is 1. The molecule has 6 rings (SSSR count). The second-order valence-electron chi connectivity index (χ2n) is 10.4. The van der Waals surface area contributed by atoms with E-state index in [4.69, 9.17) is 14.7 Å². The molecule has 0 spiro atoms. The maximum atomic E-state index is 14.7. The van der Waals surface area contributed by atoms with Crippen LogP contribution in [0.5, 0.6) is 0 Å². The van der Waals surface area contributed by atoms with Crippen LogP contribution in [0.2, 0.25) is 0 Å². The van der Waals surface area contributed by atoms with Gasteiger partial charge < -0.3 is 20.3 Å². The van der Waals surface area contributed by atoms with Gasteiger partial charge in [0.1, 0.15) is 11.6 Å². The first-order chi connectivity index (χ1) is 18.7. The molecule has 9 nitrogen and oxygen atoms in total. The molecule has 3 aromatic rings. The second kappa shape index (κ2) is 12.0. The molecule has 1 aromatic carbocycles. The van der Waals surface area contributed by atoms with Crippen LogP contribution >= 0.6 is 22.6 Å². The minimum atomic E-state index is -1.26. The first-order valence-corrected chi connectivity index (χ1v) is 15.1. The zero-order valence-corrected chi connectivity index (χ0v) is 23.8. The largest absolute Gasteiger partial charge is 0.378 e. The van der Waals surface area contributed by atoms with Gasteiger partial charge in [0.15, 0.2) is 5.82 Å². The number of piperazine rings is 1. The fraction of sp³-hybridized carbons (Fsp3) is 0.593. The molecule has 2 N–H and O–H groups in total. The first kappa shape index (κ1) is 26.1. The van der Waals surface area contributed by atoms with E-state index in [1.54, 1.807) is 22.6 Å². The average molecular weight is 635 g/mol. The summed E-state index contributed by atoms with van der Waals surface area (Å²) in [6.45, 7) is 8.25. The number of hydrogen-bond donors (Lipinski definition) is 2. The summed E-state index contributed by atoms with van der Waals surface area (Å²) in [6.07, 6.45) is 4.94. The minimum absolute atomic E-state index is 0.343. The molecular weight excluding hydrogens is 598 g/mol. The van der Waals surface area contributed by atoms with E-state index in [2.05, 4.69) is 25.4 Å². The predicted octanol–water partition coefficient (Wildman–Crippen LogP) is 3.93. The third-order valence-electron chi connectivity index (χ3n) is 8.08. The fourth-order valence-corrected chi connectivity index (χ4v) is 6.42. The van der Waals surface area contributed by atoms with Crippen molar-refractivity contribution in [1.82, 2.24) is 29.7 Å². The van der Waals surface area contributed by atoms with Gasteiger partial charge in [0.25, 0.3) is 0 Å². The Morgan fingerprint density at radius 3 is 2.50 bits per heavy atom. The molecule has 1 aliphatic carbocycles. The first-order valence-electron chi connectivity index (χ1n) is 13.8. The lowest BCUT2D eigenvalue weighted by molar-refractivity contribution is 0.122. The summed E-state index contributed by atoms with van der Waals surface area (Å²) in [5.41, 5.74) is 1.59. The predicted molar refractivity (Wildman–Crippen MR) is 156 cm³/mol. The van der Waals surface area contributed by atoms with Crippen LogP contribution in [0, 0.1) is 5.92 Å². The number of anilines is 2. The molecule has 4 heterocycles. The monoisotopic (exact) mass is 634 g/mol. The van der Waals surface area contributed by atoms with Gasteiger partial charge in [0.05, 0.1) is 24.2 Å². The molecule has 2 aromatic heterocycles. The summed E-state index contributed by atoms with van der Waals surface area (Å²) >= 11 is 1.78. The Morgan fingerprint density at radius 1 is 1.00 bits per heavy atom. The number of halogens is 2. The van der Waals surface area contributed by atoms with Gasteiger partial charge in [-0.25, -0.2) is 9.37 Å². The van der Waals surface area contributed by atoms with Crippen molar-refractivity contribution < 1.29 is 9.13 Å². The second-order valence-corrected chi connectivity index (χ2v) is 11.5. The molecule has 2 aliphatic heterocycles. The zero-order valence-electron chi connectivity index (χ0n) is 21.7. The highest BCUT2D eigenvalue weighted by Gasteiger charge is 2.27. The maximum absolute atomic E-state index is 14.7. The molecule has 0 bridgehead atoms. The highest BCUT2D eigenvalue weighted by Crippen LogP contribution is 2.32. The molecule has 1 atom stereocenters. The fourth-order valence-electron chi connectivity index (χ4n) is 6.00. The van der Waals surface area contributed by atoms with Crippen LogP contribution in [0.3, 0.4) is 0 Å². The highest BCUT2D eigenvalue weighted by atomic mass is 127. The van der Waals surface area contributed by atoms with Crippen molar-refractivity contribution in [2.75, 3.05) is 69.2 Å². The zero-order chi connectivity index (χ0) is 25.9. The molecule has 0 amide bonds. The number of ether oxygens (including phenoxy) is 1. The molecule has 204 valence electrons. The Kier molecular flexibility index (Phi) is 8.24. The summed E-state index contributed by atoms with van der Waals surface area (Å²) < 4.78 is 20.9. The standard InChI is InChI=1S/C27H36FIN8O/c28-25(29)26-32-21-3-1-2-4-22(21)37(26)24-17-23(36-13-15-38-16-14-36)33-27(34-24)31-18-19-5-7-20(8-6-19)35-11-9-30-10-12-35/h1-4,17,19-20,25,30H,5-16,18H2,(H,31,33,34). The van der Waals surface area contributed by atoms with Gasteiger partial charge in [0.2, 0.25) is 10.1 Å². The summed E-state index contributed by atoms with van der Waals surface area (Å²) in [5, 5.41) is 7.01. The van der Waals surface area contributed by atoms with Gasteiger partial charge in [-0.3, -0.25) is 9.47 Å². The van der Waals surface area contributed by atoms with Gasteiger partial charge in [-0.05, 0) is 66.3 Å². The number of rotatable bonds is 7. The van der Waals surface area contributed by atoms with Crippen LogP contribution in [-0.4, -0.2) is 89.5 Å². The van der Waals surface area contributed by atoms with Gasteiger partial charge >= 0.3 is 0 Å². The van der Waals surface area contributed by atoms with Crippen LogP contribution in [0.15, 0.2) is 30.3 Å². The Labute approximate surface area is 236 Å². The Balaban J connectivity index is 1.24. The molecule has 3 fully saturated rings. The molecule has 38 heavy (non-hydrogen) atoms. The van der Waals surface area contributed by atoms with Crippen molar-refractivity contribution in [3.05, 3.63) is 36.2 Å². The number of fused-ring (bicyclic) bond motifs is 1. The number of hydrogen-bond acceptors (Lipinski definition) is 8. The van der Waals surface area contributed by atoms with Crippen LogP contribution in [0.25, 0.3) is 16.9 Å². The number of para-hydroxylation sites is 2. The number of imidazole rings is 1. The van der Waals surface area contributed by atoms with Gasteiger partial charge in [-0.15, -0.1) is 0 Å². The lowest BCUT2D eigenvalue weighted by Gasteiger charge is -2.39. The van der Waals surface area contributed by atoms with E-state index in [-0.39, 0.29) is 0 Å². The SMILES string of the molecule is FC(I)c1nc2ccccc2n1-c1cc(N2CCOCC2)nc(NCC2CCC(N3CCNCC3)CC2)n1. The number of aromatic nitrogens is 4. The van der Waals surface area contributed by atoms with E-state index in [0.29, 0.717) is 36.7 Å². The van der Waals surface area contributed by atoms with Crippen molar-refractivity contribution in [2.24, 2.45) is 5.92 Å². The summed E-state index contributed by atoms with van der Waals surface area (Å²) in [6, 6.07) is 10.4. The third-order valence-corrected chi connectivity index (χ3v) is 8.64. The number of alkyl halides is 2. The number of nitrogens with one attached hydrogen (secondary N) is 2. The molecule has 0 radical (unpaired) electrons. The van der Waals surface area contributed by atoms with E-state index in [9.17, 15) is 4.39 Å². The topological polar surface area (TPSA) is 83.4 Å². The van der Waals surface area contributed by atoms with Gasteiger partial charge in [0, 0.05) is 57.9 Å². The van der Waals surface area contributed by atoms with Crippen molar-refractivity contribution in [3.63, 3.8) is 0 Å². The minimum Gasteiger partial charge on any atom is -0.378 e. The average Bonchev–Trinajstić information content (AvgIpc) is 3.37. The molecular formula is C27H36FIN8O. The smallest absolute Gasteiger partial charge is 0.226 e. The molecule has 1 saturated carbocycles. The summed E-state index contributed by atoms with van der Waals surface area (Å²) in [4.78, 5) is 19.3. The molecule has 3 aliphatic rings. The van der Waals surface area contributed by atoms with E-state index >= 15 is 0 Å². The van der Waals surface area contributed by atoms with Crippen LogP contribution in [-0.2, 0) is 4.74 Å². The normalized spacial score (nSPS) is 24.0. The maximum Gasteiger partial charge on any atom is 0.226 e. The van der Waals surface area contributed by atoms with Crippen molar-refractivity contribution in [2.45, 2.75) is 35.9 Å². The molecule has 11 heteroatoms. The number of nitrogens with zero attached hydrogens (tertiary/aromatic N) is 6. The van der Waals surface area contributed by atoms with Crippen molar-refractivity contribution >= 4 is 45.4 Å².